The molecule has 0 radical (unpaired) electrons. The summed E-state index contributed by atoms with van der Waals surface area (Å²) in [7, 11) is 0. The van der Waals surface area contributed by atoms with Crippen molar-refractivity contribution in [3.05, 3.63) is 24.3 Å². The zero-order valence-electron chi connectivity index (χ0n) is 13.8. The summed E-state index contributed by atoms with van der Waals surface area (Å²) in [5, 5.41) is 19.7. The number of carboxylic acid groups (broad SMARTS) is 2. The van der Waals surface area contributed by atoms with Crippen molar-refractivity contribution >= 4 is 35.3 Å². The molecule has 0 fully saturated rings. The van der Waals surface area contributed by atoms with Crippen molar-refractivity contribution in [2.45, 2.75) is 25.8 Å². The van der Waals surface area contributed by atoms with Gasteiger partial charge in [-0.1, -0.05) is 0 Å². The predicted octanol–water partition coefficient (Wildman–Crippen LogP) is 2.16. The Hall–Kier alpha value is -2.48. The Balaban J connectivity index is 2.63. The second kappa shape index (κ2) is 10.4. The van der Waals surface area contributed by atoms with Crippen LogP contribution in [-0.4, -0.2) is 53.3 Å². The minimum atomic E-state index is -1.33. The Labute approximate surface area is 150 Å². The van der Waals surface area contributed by atoms with Gasteiger partial charge in [-0.2, -0.15) is 0 Å². The normalized spacial score (nSPS) is 11.4. The number of hydrogen-bond acceptors (Lipinski definition) is 5. The first-order chi connectivity index (χ1) is 11.9. The Morgan fingerprint density at radius 1 is 1.24 bits per heavy atom. The van der Waals surface area contributed by atoms with Gasteiger partial charge >= 0.3 is 18.0 Å². The number of amides is 1. The molecule has 25 heavy (non-hydrogen) atoms. The lowest BCUT2D eigenvalue weighted by Crippen LogP contribution is -2.42. The van der Waals surface area contributed by atoms with E-state index in [0.717, 1.165) is 12.2 Å². The molecular weight excluding hydrogens is 352 g/mol. The Morgan fingerprint density at radius 2 is 1.88 bits per heavy atom. The molecule has 1 atom stereocenters. The van der Waals surface area contributed by atoms with E-state index >= 15 is 0 Å². The predicted molar refractivity (Wildman–Crippen MR) is 92.5 cm³/mol. The summed E-state index contributed by atoms with van der Waals surface area (Å²) < 4.78 is 5.02. The highest BCUT2D eigenvalue weighted by Crippen LogP contribution is 2.19. The molecule has 0 heterocycles. The SMILES string of the molecule is CCN(CCCl)c1ccc(OC(=O)N[C@@H](CCC(=O)O)C(=O)O)cc1. The molecule has 0 saturated heterocycles. The lowest BCUT2D eigenvalue weighted by atomic mass is 10.1. The molecule has 138 valence electrons. The highest BCUT2D eigenvalue weighted by molar-refractivity contribution is 6.18. The van der Waals surface area contributed by atoms with Crippen LogP contribution in [0.4, 0.5) is 10.5 Å². The van der Waals surface area contributed by atoms with Gasteiger partial charge in [0.1, 0.15) is 11.8 Å². The number of halogens is 1. The molecule has 0 aliphatic heterocycles. The van der Waals surface area contributed by atoms with Crippen LogP contribution in [0.1, 0.15) is 19.8 Å². The van der Waals surface area contributed by atoms with E-state index < -0.39 is 24.1 Å². The molecule has 8 nitrogen and oxygen atoms in total. The van der Waals surface area contributed by atoms with Crippen molar-refractivity contribution in [1.29, 1.82) is 0 Å². The fraction of sp³-hybridized carbons (Fsp3) is 0.438. The number of carbonyl (C=O) groups excluding carboxylic acids is 1. The molecule has 1 aromatic carbocycles. The van der Waals surface area contributed by atoms with Crippen molar-refractivity contribution in [3.63, 3.8) is 0 Å². The van der Waals surface area contributed by atoms with Crippen molar-refractivity contribution in [1.82, 2.24) is 5.32 Å². The number of benzene rings is 1. The Bertz CT molecular complexity index is 593. The van der Waals surface area contributed by atoms with Gasteiger partial charge in [0.15, 0.2) is 0 Å². The Kier molecular flexibility index (Phi) is 8.55. The molecule has 0 spiro atoms. The maximum atomic E-state index is 11.8. The zero-order chi connectivity index (χ0) is 18.8. The summed E-state index contributed by atoms with van der Waals surface area (Å²) in [5.41, 5.74) is 0.917. The molecule has 1 aromatic rings. The van der Waals surface area contributed by atoms with Gasteiger partial charge in [-0.15, -0.1) is 11.6 Å². The highest BCUT2D eigenvalue weighted by Gasteiger charge is 2.22. The number of nitrogens with one attached hydrogen (secondary N) is 1. The number of aliphatic carboxylic acids is 2. The topological polar surface area (TPSA) is 116 Å². The molecule has 0 aliphatic rings. The minimum absolute atomic E-state index is 0.234. The average Bonchev–Trinajstić information content (AvgIpc) is 2.56. The van der Waals surface area contributed by atoms with Crippen LogP contribution < -0.4 is 15.0 Å². The van der Waals surface area contributed by atoms with E-state index in [-0.39, 0.29) is 18.6 Å². The van der Waals surface area contributed by atoms with Crippen LogP contribution in [-0.2, 0) is 9.59 Å². The maximum absolute atomic E-state index is 11.8. The fourth-order valence-electron chi connectivity index (χ4n) is 2.10. The van der Waals surface area contributed by atoms with Gasteiger partial charge in [-0.05, 0) is 37.6 Å². The van der Waals surface area contributed by atoms with E-state index in [9.17, 15) is 14.4 Å². The van der Waals surface area contributed by atoms with E-state index in [2.05, 4.69) is 5.32 Å². The van der Waals surface area contributed by atoms with E-state index in [1.165, 1.54) is 0 Å². The van der Waals surface area contributed by atoms with E-state index in [4.69, 9.17) is 26.6 Å². The van der Waals surface area contributed by atoms with Gasteiger partial charge in [0.05, 0.1) is 0 Å². The summed E-state index contributed by atoms with van der Waals surface area (Å²) >= 11 is 5.74. The fourth-order valence-corrected chi connectivity index (χ4v) is 2.30. The summed E-state index contributed by atoms with van der Waals surface area (Å²) in [4.78, 5) is 35.4. The largest absolute Gasteiger partial charge is 0.481 e. The number of hydrogen-bond donors (Lipinski definition) is 3. The maximum Gasteiger partial charge on any atom is 0.413 e. The molecule has 0 unspecified atom stereocenters. The molecule has 1 amide bonds. The van der Waals surface area contributed by atoms with Crippen molar-refractivity contribution in [2.75, 3.05) is 23.9 Å². The molecule has 0 bridgehead atoms. The third kappa shape index (κ3) is 7.30. The number of nitrogens with zero attached hydrogens (tertiary/aromatic N) is 1. The smallest absolute Gasteiger partial charge is 0.413 e. The third-order valence-corrected chi connectivity index (χ3v) is 3.55. The van der Waals surface area contributed by atoms with Crippen LogP contribution in [0.3, 0.4) is 0 Å². The number of rotatable bonds is 10. The number of carboxylic acids is 2. The number of carbonyl (C=O) groups is 3. The summed E-state index contributed by atoms with van der Waals surface area (Å²) in [6.45, 7) is 3.45. The Morgan fingerprint density at radius 3 is 2.36 bits per heavy atom. The van der Waals surface area contributed by atoms with Crippen LogP contribution in [0.25, 0.3) is 0 Å². The average molecular weight is 373 g/mol. The minimum Gasteiger partial charge on any atom is -0.481 e. The van der Waals surface area contributed by atoms with Crippen molar-refractivity contribution in [3.8, 4) is 5.75 Å². The second-order valence-electron chi connectivity index (χ2n) is 5.12. The van der Waals surface area contributed by atoms with Crippen LogP contribution in [0.15, 0.2) is 24.3 Å². The van der Waals surface area contributed by atoms with Crippen LogP contribution in [0.5, 0.6) is 5.75 Å². The standard InChI is InChI=1S/C16H21ClN2O6/c1-2-19(10-9-17)11-3-5-12(6-4-11)25-16(24)18-13(15(22)23)7-8-14(20)21/h3-6,13H,2,7-10H2,1H3,(H,18,24)(H,20,21)(H,22,23)/t13-/m0/s1. The molecule has 3 N–H and O–H groups in total. The molecular formula is C16H21ClN2O6. The summed E-state index contributed by atoms with van der Waals surface area (Å²) in [6, 6.07) is 5.36. The monoisotopic (exact) mass is 372 g/mol. The van der Waals surface area contributed by atoms with Crippen molar-refractivity contribution in [2.24, 2.45) is 0 Å². The first kappa shape index (κ1) is 20.6. The van der Waals surface area contributed by atoms with Gasteiger partial charge in [-0.3, -0.25) is 4.79 Å². The highest BCUT2D eigenvalue weighted by atomic mass is 35.5. The van der Waals surface area contributed by atoms with Gasteiger partial charge in [0, 0.05) is 31.1 Å². The van der Waals surface area contributed by atoms with Gasteiger partial charge in [0.2, 0.25) is 0 Å². The van der Waals surface area contributed by atoms with E-state index in [0.29, 0.717) is 12.4 Å². The zero-order valence-corrected chi connectivity index (χ0v) is 14.5. The van der Waals surface area contributed by atoms with Crippen molar-refractivity contribution < 1.29 is 29.3 Å². The molecule has 0 saturated carbocycles. The molecule has 9 heteroatoms. The first-order valence-corrected chi connectivity index (χ1v) is 8.24. The van der Waals surface area contributed by atoms with E-state index in [1.54, 1.807) is 24.3 Å². The third-order valence-electron chi connectivity index (χ3n) is 3.39. The molecule has 1 rings (SSSR count). The first-order valence-electron chi connectivity index (χ1n) is 7.71. The summed E-state index contributed by atoms with van der Waals surface area (Å²) in [5.74, 6) is -1.74. The van der Waals surface area contributed by atoms with Crippen LogP contribution in [0, 0.1) is 0 Å². The number of ether oxygens (including phenoxy) is 1. The summed E-state index contributed by atoms with van der Waals surface area (Å²) in [6.07, 6.45) is -1.57. The molecule has 0 aliphatic carbocycles. The van der Waals surface area contributed by atoms with Crippen LogP contribution >= 0.6 is 11.6 Å². The van der Waals surface area contributed by atoms with Gasteiger partial charge in [0.25, 0.3) is 0 Å². The molecule has 0 aromatic heterocycles. The lowest BCUT2D eigenvalue weighted by Gasteiger charge is -2.22. The lowest BCUT2D eigenvalue weighted by molar-refractivity contribution is -0.140. The van der Waals surface area contributed by atoms with Gasteiger partial charge in [-0.25, -0.2) is 9.59 Å². The second-order valence-corrected chi connectivity index (χ2v) is 5.50. The quantitative estimate of drug-likeness (QED) is 0.539. The number of anilines is 1. The number of alkyl halides is 1. The van der Waals surface area contributed by atoms with Crippen LogP contribution in [0.2, 0.25) is 0 Å². The van der Waals surface area contributed by atoms with Gasteiger partial charge < -0.3 is 25.2 Å². The van der Waals surface area contributed by atoms with E-state index in [1.807, 2.05) is 11.8 Å².